The lowest BCUT2D eigenvalue weighted by molar-refractivity contribution is -0.0167. The SMILES string of the molecule is Cc1ccc(CC2(O)CCCCC2c2ccccc2)cc1. The molecule has 2 aromatic carbocycles. The van der Waals surface area contributed by atoms with Crippen molar-refractivity contribution < 1.29 is 5.11 Å². The Morgan fingerprint density at radius 3 is 2.43 bits per heavy atom. The van der Waals surface area contributed by atoms with Crippen LogP contribution in [-0.2, 0) is 6.42 Å². The molecule has 1 aliphatic carbocycles. The van der Waals surface area contributed by atoms with E-state index in [1.807, 2.05) is 6.07 Å². The van der Waals surface area contributed by atoms with Gasteiger partial charge in [-0.1, -0.05) is 73.0 Å². The fourth-order valence-corrected chi connectivity index (χ4v) is 3.66. The van der Waals surface area contributed by atoms with E-state index in [4.69, 9.17) is 0 Å². The van der Waals surface area contributed by atoms with Crippen LogP contribution in [0.1, 0.15) is 48.3 Å². The Morgan fingerprint density at radius 2 is 1.71 bits per heavy atom. The van der Waals surface area contributed by atoms with Crippen LogP contribution in [0.25, 0.3) is 0 Å². The second-order valence-electron chi connectivity index (χ2n) is 6.48. The molecule has 110 valence electrons. The quantitative estimate of drug-likeness (QED) is 0.869. The van der Waals surface area contributed by atoms with E-state index in [0.29, 0.717) is 0 Å². The van der Waals surface area contributed by atoms with Crippen molar-refractivity contribution in [2.45, 2.75) is 50.5 Å². The summed E-state index contributed by atoms with van der Waals surface area (Å²) in [5.41, 5.74) is 3.20. The summed E-state index contributed by atoms with van der Waals surface area (Å²) < 4.78 is 0. The van der Waals surface area contributed by atoms with E-state index >= 15 is 0 Å². The van der Waals surface area contributed by atoms with Crippen molar-refractivity contribution in [1.29, 1.82) is 0 Å². The summed E-state index contributed by atoms with van der Waals surface area (Å²) in [6, 6.07) is 19.1. The van der Waals surface area contributed by atoms with E-state index in [1.165, 1.54) is 23.1 Å². The Morgan fingerprint density at radius 1 is 1.00 bits per heavy atom. The van der Waals surface area contributed by atoms with E-state index in [2.05, 4.69) is 55.5 Å². The first-order valence-electron chi connectivity index (χ1n) is 8.00. The highest BCUT2D eigenvalue weighted by Gasteiger charge is 2.39. The molecule has 21 heavy (non-hydrogen) atoms. The summed E-state index contributed by atoms with van der Waals surface area (Å²) in [6.07, 6.45) is 5.10. The molecule has 2 atom stereocenters. The van der Waals surface area contributed by atoms with Gasteiger partial charge in [-0.2, -0.15) is 0 Å². The maximum Gasteiger partial charge on any atom is 0.0756 e. The van der Waals surface area contributed by atoms with E-state index in [0.717, 1.165) is 25.7 Å². The Balaban J connectivity index is 1.86. The monoisotopic (exact) mass is 280 g/mol. The van der Waals surface area contributed by atoms with Crippen LogP contribution >= 0.6 is 0 Å². The minimum atomic E-state index is -0.602. The average Bonchev–Trinajstić information content (AvgIpc) is 2.51. The molecule has 0 bridgehead atoms. The summed E-state index contributed by atoms with van der Waals surface area (Å²) in [5.74, 6) is 0.258. The molecule has 0 spiro atoms. The fourth-order valence-electron chi connectivity index (χ4n) is 3.66. The van der Waals surface area contributed by atoms with Gasteiger partial charge in [0.25, 0.3) is 0 Å². The van der Waals surface area contributed by atoms with E-state index in [-0.39, 0.29) is 5.92 Å². The van der Waals surface area contributed by atoms with Gasteiger partial charge < -0.3 is 5.11 Å². The molecular weight excluding hydrogens is 256 g/mol. The third-order valence-electron chi connectivity index (χ3n) is 4.83. The van der Waals surface area contributed by atoms with Crippen LogP contribution in [0.15, 0.2) is 54.6 Å². The molecule has 2 unspecified atom stereocenters. The van der Waals surface area contributed by atoms with Gasteiger partial charge in [0.1, 0.15) is 0 Å². The van der Waals surface area contributed by atoms with Crippen LogP contribution in [0.3, 0.4) is 0 Å². The smallest absolute Gasteiger partial charge is 0.0756 e. The average molecular weight is 280 g/mol. The summed E-state index contributed by atoms with van der Waals surface area (Å²) in [6.45, 7) is 2.10. The molecule has 1 fully saturated rings. The van der Waals surface area contributed by atoms with E-state index < -0.39 is 5.60 Å². The molecule has 1 saturated carbocycles. The van der Waals surface area contributed by atoms with Crippen molar-refractivity contribution in [3.63, 3.8) is 0 Å². The Hall–Kier alpha value is -1.60. The van der Waals surface area contributed by atoms with Gasteiger partial charge in [-0.25, -0.2) is 0 Å². The molecule has 0 aliphatic heterocycles. The summed E-state index contributed by atoms with van der Waals surface area (Å²) in [4.78, 5) is 0. The third kappa shape index (κ3) is 3.19. The topological polar surface area (TPSA) is 20.2 Å². The van der Waals surface area contributed by atoms with Crippen molar-refractivity contribution >= 4 is 0 Å². The third-order valence-corrected chi connectivity index (χ3v) is 4.83. The summed E-state index contributed by atoms with van der Waals surface area (Å²) >= 11 is 0. The van der Waals surface area contributed by atoms with Gasteiger partial charge in [-0.15, -0.1) is 0 Å². The van der Waals surface area contributed by atoms with Crippen LogP contribution in [0.5, 0.6) is 0 Å². The second kappa shape index (κ2) is 6.03. The lowest BCUT2D eigenvalue weighted by Crippen LogP contribution is -2.41. The lowest BCUT2D eigenvalue weighted by Gasteiger charge is -2.40. The van der Waals surface area contributed by atoms with Gasteiger partial charge in [0.05, 0.1) is 5.60 Å². The lowest BCUT2D eigenvalue weighted by atomic mass is 9.69. The van der Waals surface area contributed by atoms with E-state index in [9.17, 15) is 5.11 Å². The van der Waals surface area contributed by atoms with Crippen molar-refractivity contribution in [1.82, 2.24) is 0 Å². The summed E-state index contributed by atoms with van der Waals surface area (Å²) in [5, 5.41) is 11.3. The molecule has 1 nitrogen and oxygen atoms in total. The fraction of sp³-hybridized carbons (Fsp3) is 0.400. The number of hydrogen-bond donors (Lipinski definition) is 1. The minimum absolute atomic E-state index is 0.258. The molecular formula is C20H24O. The van der Waals surface area contributed by atoms with E-state index in [1.54, 1.807) is 0 Å². The summed E-state index contributed by atoms with van der Waals surface area (Å²) in [7, 11) is 0. The van der Waals surface area contributed by atoms with Crippen LogP contribution in [0, 0.1) is 6.92 Å². The molecule has 0 radical (unpaired) electrons. The molecule has 1 aliphatic rings. The number of rotatable bonds is 3. The van der Waals surface area contributed by atoms with Crippen molar-refractivity contribution in [2.24, 2.45) is 0 Å². The van der Waals surface area contributed by atoms with Crippen LogP contribution in [-0.4, -0.2) is 10.7 Å². The molecule has 0 amide bonds. The first-order valence-corrected chi connectivity index (χ1v) is 8.00. The standard InChI is InChI=1S/C20H24O/c1-16-10-12-17(13-11-16)15-20(21)14-6-5-9-19(20)18-7-3-2-4-8-18/h2-4,7-8,10-13,19,21H,5-6,9,14-15H2,1H3. The highest BCUT2D eigenvalue weighted by Crippen LogP contribution is 2.42. The first kappa shape index (κ1) is 14.3. The second-order valence-corrected chi connectivity index (χ2v) is 6.48. The number of benzene rings is 2. The number of aryl methyl sites for hydroxylation is 1. The van der Waals surface area contributed by atoms with Crippen LogP contribution < -0.4 is 0 Å². The predicted octanol–water partition coefficient (Wildman–Crippen LogP) is 4.63. The minimum Gasteiger partial charge on any atom is -0.389 e. The molecule has 2 aromatic rings. The Kier molecular flexibility index (Phi) is 4.12. The van der Waals surface area contributed by atoms with Gasteiger partial charge in [0, 0.05) is 12.3 Å². The van der Waals surface area contributed by atoms with Gasteiger partial charge in [-0.05, 0) is 30.9 Å². The highest BCUT2D eigenvalue weighted by molar-refractivity contribution is 5.28. The van der Waals surface area contributed by atoms with Gasteiger partial charge in [-0.3, -0.25) is 0 Å². The molecule has 3 rings (SSSR count). The number of aliphatic hydroxyl groups is 1. The van der Waals surface area contributed by atoms with Gasteiger partial charge in [0.15, 0.2) is 0 Å². The van der Waals surface area contributed by atoms with Crippen molar-refractivity contribution in [3.8, 4) is 0 Å². The maximum absolute atomic E-state index is 11.3. The zero-order chi connectivity index (χ0) is 14.7. The largest absolute Gasteiger partial charge is 0.389 e. The molecule has 1 N–H and O–H groups in total. The number of hydrogen-bond acceptors (Lipinski definition) is 1. The van der Waals surface area contributed by atoms with Crippen LogP contribution in [0.2, 0.25) is 0 Å². The normalized spacial score (nSPS) is 25.7. The maximum atomic E-state index is 11.3. The zero-order valence-electron chi connectivity index (χ0n) is 12.8. The van der Waals surface area contributed by atoms with Crippen molar-refractivity contribution in [2.75, 3.05) is 0 Å². The highest BCUT2D eigenvalue weighted by atomic mass is 16.3. The first-order chi connectivity index (χ1) is 10.2. The molecule has 1 heteroatoms. The Bertz CT molecular complexity index is 573. The zero-order valence-corrected chi connectivity index (χ0v) is 12.8. The molecule has 0 saturated heterocycles. The molecule has 0 aromatic heterocycles. The molecule has 0 heterocycles. The van der Waals surface area contributed by atoms with Gasteiger partial charge in [0.2, 0.25) is 0 Å². The predicted molar refractivity (Wildman–Crippen MR) is 87.5 cm³/mol. The van der Waals surface area contributed by atoms with Gasteiger partial charge >= 0.3 is 0 Å². The van der Waals surface area contributed by atoms with Crippen LogP contribution in [0.4, 0.5) is 0 Å². The Labute approximate surface area is 127 Å². The van der Waals surface area contributed by atoms with Crippen molar-refractivity contribution in [3.05, 3.63) is 71.3 Å².